The molecule has 1 heterocycles. The van der Waals surface area contributed by atoms with Crippen molar-refractivity contribution in [2.24, 2.45) is 0 Å². The number of para-hydroxylation sites is 1. The second-order valence-electron chi connectivity index (χ2n) is 7.93. The van der Waals surface area contributed by atoms with E-state index in [-0.39, 0.29) is 17.5 Å². The molecule has 5 nitrogen and oxygen atoms in total. The van der Waals surface area contributed by atoms with Crippen LogP contribution in [0.3, 0.4) is 0 Å². The first-order valence-electron chi connectivity index (χ1n) is 10.7. The van der Waals surface area contributed by atoms with Crippen molar-refractivity contribution in [3.63, 3.8) is 0 Å². The molecule has 0 radical (unpaired) electrons. The Morgan fingerprint density at radius 1 is 1.10 bits per heavy atom. The molecule has 3 rings (SSSR count). The third kappa shape index (κ3) is 4.16. The number of rotatable bonds is 7. The van der Waals surface area contributed by atoms with Gasteiger partial charge in [-0.3, -0.25) is 14.2 Å². The summed E-state index contributed by atoms with van der Waals surface area (Å²) in [4.78, 5) is 33.0. The summed E-state index contributed by atoms with van der Waals surface area (Å²) in [5.41, 5.74) is 3.61. The average molecular weight is 406 g/mol. The highest BCUT2D eigenvalue weighted by atomic mass is 16.2. The molecule has 0 aliphatic heterocycles. The molecule has 2 aromatic carbocycles. The molecule has 0 saturated heterocycles. The number of hydrogen-bond donors (Lipinski definition) is 0. The van der Waals surface area contributed by atoms with E-state index >= 15 is 0 Å². The second-order valence-corrected chi connectivity index (χ2v) is 7.93. The summed E-state index contributed by atoms with van der Waals surface area (Å²) in [6.07, 6.45) is 3.00. The lowest BCUT2D eigenvalue weighted by atomic mass is 10.1. The molecule has 0 bridgehead atoms. The van der Waals surface area contributed by atoms with Gasteiger partial charge in [-0.1, -0.05) is 38.5 Å². The highest BCUT2D eigenvalue weighted by Gasteiger charge is 2.26. The largest absolute Gasteiger partial charge is 0.336 e. The van der Waals surface area contributed by atoms with Crippen molar-refractivity contribution in [2.75, 3.05) is 7.05 Å². The highest BCUT2D eigenvalue weighted by molar-refractivity contribution is 5.79. The van der Waals surface area contributed by atoms with E-state index in [0.717, 1.165) is 24.1 Å². The minimum atomic E-state index is -0.284. The van der Waals surface area contributed by atoms with Crippen molar-refractivity contribution in [2.45, 2.75) is 59.4 Å². The first kappa shape index (κ1) is 21.8. The molecular weight excluding hydrogens is 374 g/mol. The van der Waals surface area contributed by atoms with Crippen LogP contribution in [0.5, 0.6) is 0 Å². The molecule has 158 valence electrons. The van der Waals surface area contributed by atoms with E-state index in [9.17, 15) is 9.59 Å². The topological polar surface area (TPSA) is 55.2 Å². The molecule has 0 aliphatic rings. The molecule has 0 N–H and O–H groups in total. The van der Waals surface area contributed by atoms with Gasteiger partial charge in [-0.25, -0.2) is 4.98 Å². The molecule has 0 aliphatic carbocycles. The maximum atomic E-state index is 13.6. The van der Waals surface area contributed by atoms with Gasteiger partial charge in [0, 0.05) is 13.5 Å². The van der Waals surface area contributed by atoms with Crippen LogP contribution in [0.4, 0.5) is 0 Å². The molecule has 1 amide bonds. The normalized spacial score (nSPS) is 12.2. The SMILES string of the molecule is CCCCC(=O)N(C)C(CC)c1nc2ccccc2c(=O)n1-c1ccc(C)c(C)c1. The number of aromatic nitrogens is 2. The van der Waals surface area contributed by atoms with E-state index in [2.05, 4.69) is 13.8 Å². The number of carbonyl (C=O) groups excluding carboxylic acids is 1. The molecule has 0 saturated carbocycles. The van der Waals surface area contributed by atoms with Crippen LogP contribution in [0.15, 0.2) is 47.3 Å². The summed E-state index contributed by atoms with van der Waals surface area (Å²) in [5.74, 6) is 0.689. The maximum absolute atomic E-state index is 13.6. The fourth-order valence-electron chi connectivity index (χ4n) is 3.80. The van der Waals surface area contributed by atoms with E-state index < -0.39 is 0 Å². The van der Waals surface area contributed by atoms with Gasteiger partial charge in [0.25, 0.3) is 5.56 Å². The van der Waals surface area contributed by atoms with Gasteiger partial charge in [0.1, 0.15) is 5.82 Å². The van der Waals surface area contributed by atoms with Crippen LogP contribution in [-0.2, 0) is 4.79 Å². The van der Waals surface area contributed by atoms with E-state index in [1.165, 1.54) is 5.56 Å². The number of aryl methyl sites for hydroxylation is 2. The number of benzene rings is 2. The number of amides is 1. The Kier molecular flexibility index (Phi) is 6.70. The van der Waals surface area contributed by atoms with Gasteiger partial charge in [0.05, 0.1) is 22.6 Å². The zero-order valence-electron chi connectivity index (χ0n) is 18.6. The standard InChI is InChI=1S/C25H31N3O2/c1-6-8-13-23(29)27(5)22(7-2)24-26-21-12-10-9-11-20(21)25(30)28(24)19-15-14-17(3)18(4)16-19/h9-12,14-16,22H,6-8,13H2,1-5H3. The third-order valence-corrected chi connectivity index (χ3v) is 5.84. The predicted molar refractivity (Wildman–Crippen MR) is 122 cm³/mol. The van der Waals surface area contributed by atoms with Crippen molar-refractivity contribution in [3.8, 4) is 5.69 Å². The van der Waals surface area contributed by atoms with E-state index in [0.29, 0.717) is 29.6 Å². The van der Waals surface area contributed by atoms with Crippen LogP contribution < -0.4 is 5.56 Å². The Hall–Kier alpha value is -2.95. The number of carbonyl (C=O) groups is 1. The van der Waals surface area contributed by atoms with Gasteiger partial charge < -0.3 is 4.90 Å². The number of nitrogens with zero attached hydrogens (tertiary/aromatic N) is 3. The number of unbranched alkanes of at least 4 members (excludes halogenated alkanes) is 1. The first-order valence-corrected chi connectivity index (χ1v) is 10.7. The molecular formula is C25H31N3O2. The van der Waals surface area contributed by atoms with Crippen LogP contribution >= 0.6 is 0 Å². The van der Waals surface area contributed by atoms with Crippen molar-refractivity contribution in [3.05, 3.63) is 69.8 Å². The van der Waals surface area contributed by atoms with Crippen LogP contribution in [0.2, 0.25) is 0 Å². The molecule has 0 spiro atoms. The summed E-state index contributed by atoms with van der Waals surface area (Å²) < 4.78 is 1.69. The number of fused-ring (bicyclic) bond motifs is 1. The van der Waals surface area contributed by atoms with Gasteiger partial charge >= 0.3 is 0 Å². The number of hydrogen-bond acceptors (Lipinski definition) is 3. The summed E-state index contributed by atoms with van der Waals surface area (Å²) in [7, 11) is 1.82. The second kappa shape index (κ2) is 9.24. The zero-order valence-corrected chi connectivity index (χ0v) is 18.6. The fourth-order valence-corrected chi connectivity index (χ4v) is 3.80. The maximum Gasteiger partial charge on any atom is 0.266 e. The van der Waals surface area contributed by atoms with Gasteiger partial charge in [0.15, 0.2) is 0 Å². The minimum Gasteiger partial charge on any atom is -0.336 e. The van der Waals surface area contributed by atoms with Crippen LogP contribution in [0.25, 0.3) is 16.6 Å². The van der Waals surface area contributed by atoms with Crippen molar-refractivity contribution in [1.82, 2.24) is 14.5 Å². The molecule has 0 fully saturated rings. The molecule has 3 aromatic rings. The Bertz CT molecular complexity index is 1120. The lowest BCUT2D eigenvalue weighted by molar-refractivity contribution is -0.132. The van der Waals surface area contributed by atoms with E-state index in [4.69, 9.17) is 4.98 Å². The quantitative estimate of drug-likeness (QED) is 0.549. The fraction of sp³-hybridized carbons (Fsp3) is 0.400. The first-order chi connectivity index (χ1) is 14.4. The summed E-state index contributed by atoms with van der Waals surface area (Å²) in [6, 6.07) is 13.1. The molecule has 30 heavy (non-hydrogen) atoms. The highest BCUT2D eigenvalue weighted by Crippen LogP contribution is 2.26. The Morgan fingerprint density at radius 3 is 2.50 bits per heavy atom. The van der Waals surface area contributed by atoms with E-state index in [1.54, 1.807) is 9.47 Å². The smallest absolute Gasteiger partial charge is 0.266 e. The molecule has 5 heteroatoms. The Balaban J connectivity index is 2.24. The zero-order chi connectivity index (χ0) is 21.8. The van der Waals surface area contributed by atoms with Gasteiger partial charge in [0.2, 0.25) is 5.91 Å². The lowest BCUT2D eigenvalue weighted by Crippen LogP contribution is -2.36. The van der Waals surface area contributed by atoms with E-state index in [1.807, 2.05) is 63.4 Å². The summed E-state index contributed by atoms with van der Waals surface area (Å²) in [6.45, 7) is 8.19. The molecule has 1 aromatic heterocycles. The minimum absolute atomic E-state index is 0.0812. The Labute approximate surface area is 178 Å². The van der Waals surface area contributed by atoms with Gasteiger partial charge in [-0.2, -0.15) is 0 Å². The van der Waals surface area contributed by atoms with Crippen molar-refractivity contribution in [1.29, 1.82) is 0 Å². The Morgan fingerprint density at radius 2 is 1.83 bits per heavy atom. The predicted octanol–water partition coefficient (Wildman–Crippen LogP) is 5.10. The molecule has 1 unspecified atom stereocenters. The van der Waals surface area contributed by atoms with Gasteiger partial charge in [-0.15, -0.1) is 0 Å². The third-order valence-electron chi connectivity index (χ3n) is 5.84. The van der Waals surface area contributed by atoms with Gasteiger partial charge in [-0.05, 0) is 62.1 Å². The van der Waals surface area contributed by atoms with Crippen molar-refractivity contribution < 1.29 is 4.79 Å². The van der Waals surface area contributed by atoms with Crippen LogP contribution in [0, 0.1) is 13.8 Å². The summed E-state index contributed by atoms with van der Waals surface area (Å²) in [5, 5.41) is 0.578. The lowest BCUT2D eigenvalue weighted by Gasteiger charge is -2.29. The van der Waals surface area contributed by atoms with Crippen LogP contribution in [-0.4, -0.2) is 27.4 Å². The summed E-state index contributed by atoms with van der Waals surface area (Å²) >= 11 is 0. The van der Waals surface area contributed by atoms with Crippen molar-refractivity contribution >= 4 is 16.8 Å². The monoisotopic (exact) mass is 405 g/mol. The average Bonchev–Trinajstić information content (AvgIpc) is 2.75. The van der Waals surface area contributed by atoms with Crippen LogP contribution in [0.1, 0.15) is 62.5 Å². The molecule has 1 atom stereocenters.